The van der Waals surface area contributed by atoms with Crippen molar-refractivity contribution in [3.05, 3.63) is 75.5 Å². The number of alkyl halides is 3. The highest BCUT2D eigenvalue weighted by Crippen LogP contribution is 2.36. The molecule has 0 fully saturated rings. The Hall–Kier alpha value is -3.70. The van der Waals surface area contributed by atoms with E-state index in [4.69, 9.17) is 9.47 Å². The smallest absolute Gasteiger partial charge is 0.419 e. The number of fused-ring (bicyclic) bond motifs is 1. The quantitative estimate of drug-likeness (QED) is 0.539. The second-order valence-electron chi connectivity index (χ2n) is 7.11. The summed E-state index contributed by atoms with van der Waals surface area (Å²) in [7, 11) is 0. The maximum Gasteiger partial charge on any atom is 0.419 e. The molecule has 0 amide bonds. The molecule has 174 valence electrons. The minimum absolute atomic E-state index is 0.0139. The molecule has 0 saturated carbocycles. The van der Waals surface area contributed by atoms with Gasteiger partial charge in [0.05, 0.1) is 5.56 Å². The molecular weight excluding hydrogens is 456 g/mol. The van der Waals surface area contributed by atoms with Crippen molar-refractivity contribution in [2.45, 2.75) is 25.7 Å². The predicted molar refractivity (Wildman–Crippen MR) is 104 cm³/mol. The number of anilines is 1. The molecule has 2 heterocycles. The van der Waals surface area contributed by atoms with Crippen LogP contribution in [0.15, 0.2) is 41.2 Å². The zero-order chi connectivity index (χ0) is 23.8. The van der Waals surface area contributed by atoms with E-state index in [0.717, 1.165) is 24.6 Å². The molecule has 12 heteroatoms. The third-order valence-corrected chi connectivity index (χ3v) is 4.76. The highest BCUT2D eigenvalue weighted by molar-refractivity contribution is 5.41. The third-order valence-electron chi connectivity index (χ3n) is 4.76. The summed E-state index contributed by atoms with van der Waals surface area (Å²) in [5, 5.41) is 3.02. The molecule has 2 aromatic carbocycles. The minimum atomic E-state index is -5.01. The van der Waals surface area contributed by atoms with E-state index in [1.54, 1.807) is 0 Å². The molecular formula is C21H15F6N3O3. The average Bonchev–Trinajstić information content (AvgIpc) is 2.75. The van der Waals surface area contributed by atoms with Crippen LogP contribution >= 0.6 is 0 Å². The van der Waals surface area contributed by atoms with Crippen molar-refractivity contribution in [2.24, 2.45) is 0 Å². The Morgan fingerprint density at radius 2 is 1.76 bits per heavy atom. The molecule has 33 heavy (non-hydrogen) atoms. The minimum Gasteiger partial charge on any atom is -0.473 e. The monoisotopic (exact) mass is 471 g/mol. The fourth-order valence-corrected chi connectivity index (χ4v) is 3.23. The van der Waals surface area contributed by atoms with E-state index in [1.807, 2.05) is 0 Å². The van der Waals surface area contributed by atoms with Crippen LogP contribution in [0.2, 0.25) is 0 Å². The van der Waals surface area contributed by atoms with Crippen LogP contribution in [-0.2, 0) is 19.3 Å². The summed E-state index contributed by atoms with van der Waals surface area (Å²) in [4.78, 5) is 15.8. The van der Waals surface area contributed by atoms with Crippen molar-refractivity contribution in [1.29, 1.82) is 0 Å². The molecule has 0 spiro atoms. The lowest BCUT2D eigenvalue weighted by molar-refractivity contribution is -0.140. The number of halogens is 6. The van der Waals surface area contributed by atoms with Crippen LogP contribution in [0.1, 0.15) is 17.5 Å². The topological polar surface area (TPSA) is 65.4 Å². The highest BCUT2D eigenvalue weighted by Gasteiger charge is 2.34. The van der Waals surface area contributed by atoms with E-state index in [0.29, 0.717) is 31.0 Å². The third kappa shape index (κ3) is 4.89. The number of hydrogen-bond acceptors (Lipinski definition) is 5. The standard InChI is InChI=1S/C21H15F6N3O3/c22-14-3-2-12(8-13(14)21(25,26)27)33-19-15(23)6-11(7-16(19)24)10-32-18-9-17-28-4-1-5-30(17)20(31)29-18/h2-3,6-9,28H,1,4-5,10H2. The van der Waals surface area contributed by atoms with Gasteiger partial charge < -0.3 is 14.8 Å². The average molecular weight is 471 g/mol. The SMILES string of the molecule is O=c1nc(OCc2cc(F)c(Oc3ccc(F)c(C(F)(F)F)c3)c(F)c2)cc2n1CCCN2. The number of nitrogens with one attached hydrogen (secondary N) is 1. The number of hydrogen-bond donors (Lipinski definition) is 1. The second-order valence-corrected chi connectivity index (χ2v) is 7.11. The van der Waals surface area contributed by atoms with Crippen LogP contribution in [0.25, 0.3) is 0 Å². The largest absolute Gasteiger partial charge is 0.473 e. The molecule has 0 aliphatic carbocycles. The normalized spacial score (nSPS) is 13.3. The first-order chi connectivity index (χ1) is 15.6. The zero-order valence-electron chi connectivity index (χ0n) is 16.7. The van der Waals surface area contributed by atoms with Gasteiger partial charge in [-0.2, -0.15) is 18.2 Å². The van der Waals surface area contributed by atoms with Gasteiger partial charge in [0.1, 0.15) is 24.0 Å². The van der Waals surface area contributed by atoms with Gasteiger partial charge in [0.15, 0.2) is 17.4 Å². The number of aromatic nitrogens is 2. The number of benzene rings is 2. The van der Waals surface area contributed by atoms with E-state index in [2.05, 4.69) is 10.3 Å². The molecule has 0 bridgehead atoms. The summed E-state index contributed by atoms with van der Waals surface area (Å²) in [6.45, 7) is 0.822. The molecule has 0 unspecified atom stereocenters. The molecule has 4 rings (SSSR count). The Morgan fingerprint density at radius 3 is 2.45 bits per heavy atom. The van der Waals surface area contributed by atoms with Crippen LogP contribution in [-0.4, -0.2) is 16.1 Å². The Morgan fingerprint density at radius 1 is 1.03 bits per heavy atom. The summed E-state index contributed by atoms with van der Waals surface area (Å²) in [6.07, 6.45) is -4.25. The van der Waals surface area contributed by atoms with Gasteiger partial charge in [-0.05, 0) is 42.3 Å². The number of rotatable bonds is 5. The lowest BCUT2D eigenvalue weighted by Crippen LogP contribution is -2.30. The van der Waals surface area contributed by atoms with Crippen LogP contribution in [0.3, 0.4) is 0 Å². The van der Waals surface area contributed by atoms with E-state index in [-0.39, 0.29) is 18.1 Å². The number of ether oxygens (including phenoxy) is 2. The van der Waals surface area contributed by atoms with E-state index in [1.165, 1.54) is 10.6 Å². The maximum absolute atomic E-state index is 14.4. The Bertz CT molecular complexity index is 1240. The first-order valence-electron chi connectivity index (χ1n) is 9.63. The van der Waals surface area contributed by atoms with Crippen LogP contribution in [0.4, 0.5) is 32.2 Å². The molecule has 1 N–H and O–H groups in total. The van der Waals surface area contributed by atoms with Crippen LogP contribution < -0.4 is 20.5 Å². The van der Waals surface area contributed by atoms with Gasteiger partial charge in [-0.25, -0.2) is 18.0 Å². The van der Waals surface area contributed by atoms with Crippen molar-refractivity contribution < 1.29 is 35.8 Å². The molecule has 6 nitrogen and oxygen atoms in total. The van der Waals surface area contributed by atoms with Gasteiger partial charge >= 0.3 is 11.9 Å². The van der Waals surface area contributed by atoms with Gasteiger partial charge in [0.25, 0.3) is 0 Å². The van der Waals surface area contributed by atoms with Gasteiger partial charge in [-0.3, -0.25) is 4.57 Å². The first kappa shape index (κ1) is 22.5. The van der Waals surface area contributed by atoms with Gasteiger partial charge in [-0.1, -0.05) is 0 Å². The van der Waals surface area contributed by atoms with Crippen molar-refractivity contribution in [3.8, 4) is 17.4 Å². The Labute approximate surface area is 182 Å². The molecule has 0 saturated heterocycles. The Balaban J connectivity index is 1.51. The van der Waals surface area contributed by atoms with Crippen molar-refractivity contribution >= 4 is 5.82 Å². The van der Waals surface area contributed by atoms with Gasteiger partial charge in [-0.15, -0.1) is 0 Å². The molecule has 0 atom stereocenters. The van der Waals surface area contributed by atoms with Gasteiger partial charge in [0.2, 0.25) is 5.88 Å². The van der Waals surface area contributed by atoms with Crippen molar-refractivity contribution in [2.75, 3.05) is 11.9 Å². The summed E-state index contributed by atoms with van der Waals surface area (Å²) in [5.41, 5.74) is -2.15. The van der Waals surface area contributed by atoms with E-state index >= 15 is 0 Å². The Kier molecular flexibility index (Phi) is 5.91. The summed E-state index contributed by atoms with van der Waals surface area (Å²) in [5.74, 6) is -5.08. The zero-order valence-corrected chi connectivity index (χ0v) is 16.7. The number of nitrogens with zero attached hydrogens (tertiary/aromatic N) is 2. The molecule has 0 radical (unpaired) electrons. The fourth-order valence-electron chi connectivity index (χ4n) is 3.23. The van der Waals surface area contributed by atoms with Crippen molar-refractivity contribution in [3.63, 3.8) is 0 Å². The molecule has 1 aliphatic rings. The first-order valence-corrected chi connectivity index (χ1v) is 9.63. The van der Waals surface area contributed by atoms with Crippen LogP contribution in [0, 0.1) is 17.5 Å². The van der Waals surface area contributed by atoms with Crippen molar-refractivity contribution in [1.82, 2.24) is 9.55 Å². The molecule has 3 aromatic rings. The highest BCUT2D eigenvalue weighted by atomic mass is 19.4. The summed E-state index contributed by atoms with van der Waals surface area (Å²) in [6, 6.07) is 4.80. The second kappa shape index (κ2) is 8.68. The van der Waals surface area contributed by atoms with E-state index in [9.17, 15) is 31.1 Å². The summed E-state index contributed by atoms with van der Waals surface area (Å²) >= 11 is 0. The van der Waals surface area contributed by atoms with E-state index < -0.39 is 46.4 Å². The molecule has 1 aliphatic heterocycles. The molecule has 1 aromatic heterocycles. The van der Waals surface area contributed by atoms with Gasteiger partial charge in [0, 0.05) is 19.2 Å². The van der Waals surface area contributed by atoms with Crippen LogP contribution in [0.5, 0.6) is 17.4 Å². The fraction of sp³-hybridized carbons (Fsp3) is 0.238. The lowest BCUT2D eigenvalue weighted by atomic mass is 10.2. The lowest BCUT2D eigenvalue weighted by Gasteiger charge is -2.19. The summed E-state index contributed by atoms with van der Waals surface area (Å²) < 4.78 is 92.5. The maximum atomic E-state index is 14.4. The predicted octanol–water partition coefficient (Wildman–Crippen LogP) is 4.87.